The molecule has 190 valence electrons. The number of benzene rings is 2. The molecule has 2 aromatic carbocycles. The zero-order chi connectivity index (χ0) is 26.1. The van der Waals surface area contributed by atoms with Crippen LogP contribution in [0.25, 0.3) is 0 Å². The van der Waals surface area contributed by atoms with E-state index in [0.717, 1.165) is 0 Å². The second kappa shape index (κ2) is 12.3. The quantitative estimate of drug-likeness (QED) is 0.339. The van der Waals surface area contributed by atoms with Crippen molar-refractivity contribution in [2.45, 2.75) is 33.4 Å². The van der Waals surface area contributed by atoms with E-state index in [1.165, 1.54) is 0 Å². The van der Waals surface area contributed by atoms with Gasteiger partial charge in [-0.25, -0.2) is 4.79 Å². The van der Waals surface area contributed by atoms with Crippen LogP contribution in [0.4, 0.5) is 17.6 Å². The third kappa shape index (κ3) is 7.05. The van der Waals surface area contributed by atoms with Crippen molar-refractivity contribution >= 4 is 29.5 Å². The van der Waals surface area contributed by atoms with Crippen LogP contribution in [0.2, 0.25) is 0 Å². The van der Waals surface area contributed by atoms with Gasteiger partial charge < -0.3 is 30.6 Å². The molecule has 0 aliphatic rings. The lowest BCUT2D eigenvalue weighted by molar-refractivity contribution is -0.148. The summed E-state index contributed by atoms with van der Waals surface area (Å²) in [6.07, 6.45) is 0. The van der Waals surface area contributed by atoms with E-state index in [4.69, 9.17) is 19.9 Å². The normalized spacial score (nSPS) is 11.5. The van der Waals surface area contributed by atoms with Gasteiger partial charge in [0.1, 0.15) is 17.5 Å². The Morgan fingerprint density at radius 2 is 1.75 bits per heavy atom. The van der Waals surface area contributed by atoms with E-state index in [1.54, 1.807) is 57.4 Å². The van der Waals surface area contributed by atoms with Crippen molar-refractivity contribution in [3.8, 4) is 11.5 Å². The molecule has 1 aromatic heterocycles. The predicted octanol–water partition coefficient (Wildman–Crippen LogP) is 3.10. The molecular weight excluding hydrogens is 464 g/mol. The van der Waals surface area contributed by atoms with Gasteiger partial charge in [0.2, 0.25) is 11.9 Å². The number of nitrogens with zero attached hydrogens (tertiary/aromatic N) is 3. The van der Waals surface area contributed by atoms with Crippen LogP contribution in [0.1, 0.15) is 37.0 Å². The van der Waals surface area contributed by atoms with Gasteiger partial charge in [0.05, 0.1) is 19.4 Å². The summed E-state index contributed by atoms with van der Waals surface area (Å²) in [6, 6.07) is 13.0. The van der Waals surface area contributed by atoms with Crippen molar-refractivity contribution in [1.29, 1.82) is 0 Å². The van der Waals surface area contributed by atoms with Gasteiger partial charge in [0.15, 0.2) is 12.4 Å². The highest BCUT2D eigenvalue weighted by Crippen LogP contribution is 2.25. The minimum atomic E-state index is -0.880. The zero-order valence-electron chi connectivity index (χ0n) is 20.6. The van der Waals surface area contributed by atoms with Gasteiger partial charge in [0, 0.05) is 5.56 Å². The molecule has 0 unspecified atom stereocenters. The van der Waals surface area contributed by atoms with Gasteiger partial charge in [-0.2, -0.15) is 15.0 Å². The Morgan fingerprint density at radius 1 is 1.03 bits per heavy atom. The molecule has 3 aromatic rings. The van der Waals surface area contributed by atoms with Crippen LogP contribution in [0, 0.1) is 5.92 Å². The van der Waals surface area contributed by atoms with Crippen LogP contribution in [-0.2, 0) is 16.1 Å². The van der Waals surface area contributed by atoms with E-state index in [1.807, 2.05) is 19.1 Å². The fourth-order valence-corrected chi connectivity index (χ4v) is 3.24. The summed E-state index contributed by atoms with van der Waals surface area (Å²) < 4.78 is 16.1. The number of hydrogen-bond acceptors (Lipinski definition) is 10. The predicted molar refractivity (Wildman–Crippen MR) is 134 cm³/mol. The van der Waals surface area contributed by atoms with E-state index in [9.17, 15) is 9.59 Å². The summed E-state index contributed by atoms with van der Waals surface area (Å²) in [4.78, 5) is 37.9. The molecule has 3 rings (SSSR count). The van der Waals surface area contributed by atoms with E-state index in [2.05, 4.69) is 25.6 Å². The molecular formula is C25H30N6O5. The third-order valence-electron chi connectivity index (χ3n) is 5.03. The molecule has 36 heavy (non-hydrogen) atoms. The van der Waals surface area contributed by atoms with Crippen LogP contribution in [0.15, 0.2) is 48.5 Å². The molecule has 0 aliphatic carbocycles. The molecule has 1 atom stereocenters. The van der Waals surface area contributed by atoms with Gasteiger partial charge in [-0.05, 0) is 49.2 Å². The Labute approximate surface area is 209 Å². The summed E-state index contributed by atoms with van der Waals surface area (Å²) in [7, 11) is 1.55. The highest BCUT2D eigenvalue weighted by Gasteiger charge is 2.26. The molecule has 11 heteroatoms. The van der Waals surface area contributed by atoms with Crippen LogP contribution < -0.4 is 25.8 Å². The van der Waals surface area contributed by atoms with Crippen molar-refractivity contribution in [3.63, 3.8) is 0 Å². The standard InChI is InChI=1S/C25H30N6O5/c1-5-35-17-12-10-16(11-13-17)22(32)30-21(15(2)3)23(33)36-14-20-28-24(26)31-25(29-20)27-18-8-6-7-9-19(18)34-4/h6-13,15,21H,5,14H2,1-4H3,(H,30,32)(H3,26,27,28,29,31)/t21-/m0/s1. The molecule has 4 N–H and O–H groups in total. The number of carbonyl (C=O) groups excluding carboxylic acids is 2. The molecule has 0 radical (unpaired) electrons. The number of aromatic nitrogens is 3. The van der Waals surface area contributed by atoms with Crippen LogP contribution in [0.3, 0.4) is 0 Å². The van der Waals surface area contributed by atoms with Crippen LogP contribution >= 0.6 is 0 Å². The summed E-state index contributed by atoms with van der Waals surface area (Å²) in [5.74, 6) is 0.269. The topological polar surface area (TPSA) is 151 Å². The molecule has 0 saturated carbocycles. The van der Waals surface area contributed by atoms with Crippen molar-refractivity contribution in [2.24, 2.45) is 5.92 Å². The van der Waals surface area contributed by atoms with E-state index >= 15 is 0 Å². The number of anilines is 3. The Kier molecular flexibility index (Phi) is 8.98. The number of ether oxygens (including phenoxy) is 3. The molecule has 0 spiro atoms. The lowest BCUT2D eigenvalue weighted by Crippen LogP contribution is -2.45. The van der Waals surface area contributed by atoms with Crippen LogP contribution in [-0.4, -0.2) is 46.6 Å². The van der Waals surface area contributed by atoms with Crippen molar-refractivity contribution in [1.82, 2.24) is 20.3 Å². The number of nitrogen functional groups attached to an aromatic ring is 1. The molecule has 11 nitrogen and oxygen atoms in total. The van der Waals surface area contributed by atoms with Gasteiger partial charge >= 0.3 is 5.97 Å². The monoisotopic (exact) mass is 494 g/mol. The number of esters is 1. The summed E-state index contributed by atoms with van der Waals surface area (Å²) in [6.45, 7) is 5.76. The molecule has 0 bridgehead atoms. The highest BCUT2D eigenvalue weighted by molar-refractivity contribution is 5.96. The molecule has 0 fully saturated rings. The lowest BCUT2D eigenvalue weighted by Gasteiger charge is -2.21. The SMILES string of the molecule is CCOc1ccc(C(=O)N[C@H](C(=O)OCc2nc(N)nc(Nc3ccccc3OC)n2)C(C)C)cc1. The molecule has 0 saturated heterocycles. The minimum absolute atomic E-state index is 0.0438. The average Bonchev–Trinajstić information content (AvgIpc) is 2.86. The minimum Gasteiger partial charge on any atom is -0.495 e. The first-order valence-corrected chi connectivity index (χ1v) is 11.4. The second-order valence-corrected chi connectivity index (χ2v) is 8.02. The first-order valence-electron chi connectivity index (χ1n) is 11.4. The van der Waals surface area contributed by atoms with Crippen molar-refractivity contribution < 1.29 is 23.8 Å². The molecule has 1 amide bonds. The summed E-state index contributed by atoms with van der Waals surface area (Å²) >= 11 is 0. The fourth-order valence-electron chi connectivity index (χ4n) is 3.24. The summed E-state index contributed by atoms with van der Waals surface area (Å²) in [5.41, 5.74) is 6.85. The maximum atomic E-state index is 12.8. The van der Waals surface area contributed by atoms with Gasteiger partial charge in [0.25, 0.3) is 5.91 Å². The Bertz CT molecular complexity index is 1190. The Morgan fingerprint density at radius 3 is 2.42 bits per heavy atom. The largest absolute Gasteiger partial charge is 0.495 e. The van der Waals surface area contributed by atoms with E-state index in [0.29, 0.717) is 29.4 Å². The van der Waals surface area contributed by atoms with Crippen molar-refractivity contribution in [3.05, 3.63) is 59.9 Å². The van der Waals surface area contributed by atoms with E-state index in [-0.39, 0.29) is 30.2 Å². The van der Waals surface area contributed by atoms with Gasteiger partial charge in [-0.1, -0.05) is 26.0 Å². The zero-order valence-corrected chi connectivity index (χ0v) is 20.6. The number of para-hydroxylation sites is 2. The smallest absolute Gasteiger partial charge is 0.329 e. The second-order valence-electron chi connectivity index (χ2n) is 8.02. The van der Waals surface area contributed by atoms with Gasteiger partial charge in [-0.15, -0.1) is 0 Å². The maximum Gasteiger partial charge on any atom is 0.329 e. The number of hydrogen-bond donors (Lipinski definition) is 3. The molecule has 1 heterocycles. The highest BCUT2D eigenvalue weighted by atomic mass is 16.5. The first-order chi connectivity index (χ1) is 17.3. The third-order valence-corrected chi connectivity index (χ3v) is 5.03. The van der Waals surface area contributed by atoms with Gasteiger partial charge in [-0.3, -0.25) is 4.79 Å². The average molecular weight is 495 g/mol. The number of rotatable bonds is 11. The Balaban J connectivity index is 1.65. The first kappa shape index (κ1) is 26.2. The van der Waals surface area contributed by atoms with Crippen LogP contribution in [0.5, 0.6) is 11.5 Å². The fraction of sp³-hybridized carbons (Fsp3) is 0.320. The number of nitrogens with one attached hydrogen (secondary N) is 2. The molecule has 0 aliphatic heterocycles. The Hall–Kier alpha value is -4.41. The number of nitrogens with two attached hydrogens (primary N) is 1. The number of methoxy groups -OCH3 is 1. The number of carbonyl (C=O) groups is 2. The van der Waals surface area contributed by atoms with Crippen molar-refractivity contribution in [2.75, 3.05) is 24.8 Å². The number of amides is 1. The maximum absolute atomic E-state index is 12.8. The summed E-state index contributed by atoms with van der Waals surface area (Å²) in [5, 5.41) is 5.75. The lowest BCUT2D eigenvalue weighted by atomic mass is 10.0. The van der Waals surface area contributed by atoms with E-state index < -0.39 is 17.9 Å².